The summed E-state index contributed by atoms with van der Waals surface area (Å²) >= 11 is 0. The molecule has 2 unspecified atom stereocenters. The average Bonchev–Trinajstić information content (AvgIpc) is 3.43. The molecule has 3 aliphatic heterocycles. The van der Waals surface area contributed by atoms with E-state index in [0.717, 1.165) is 25.7 Å². The van der Waals surface area contributed by atoms with Crippen molar-refractivity contribution in [3.63, 3.8) is 0 Å². The van der Waals surface area contributed by atoms with Crippen molar-refractivity contribution in [3.8, 4) is 0 Å². The van der Waals surface area contributed by atoms with Gasteiger partial charge < -0.3 is 24.5 Å². The predicted octanol–water partition coefficient (Wildman–Crippen LogP) is 2.76. The Labute approximate surface area is 216 Å². The van der Waals surface area contributed by atoms with Gasteiger partial charge >= 0.3 is 0 Å². The Morgan fingerprint density at radius 1 is 1.11 bits per heavy atom. The van der Waals surface area contributed by atoms with E-state index in [1.165, 1.54) is 4.90 Å². The van der Waals surface area contributed by atoms with Crippen molar-refractivity contribution >= 4 is 17.7 Å². The zero-order valence-electron chi connectivity index (χ0n) is 22.6. The van der Waals surface area contributed by atoms with Crippen molar-refractivity contribution in [1.82, 2.24) is 14.7 Å². The highest BCUT2D eigenvalue weighted by atomic mass is 16.5. The topological polar surface area (TPSA) is 90.4 Å². The van der Waals surface area contributed by atoms with Crippen LogP contribution in [0.15, 0.2) is 25.3 Å². The molecule has 3 aliphatic rings. The number of aliphatic hydroxyl groups is 1. The molecule has 3 rings (SSSR count). The van der Waals surface area contributed by atoms with Crippen molar-refractivity contribution in [2.45, 2.75) is 89.5 Å². The molecule has 8 nitrogen and oxygen atoms in total. The Balaban J connectivity index is 2.06. The van der Waals surface area contributed by atoms with Crippen LogP contribution in [0.1, 0.15) is 66.2 Å². The number of unbranched alkanes of at least 4 members (excludes halogenated alkanes) is 2. The second-order valence-electron chi connectivity index (χ2n) is 10.9. The second kappa shape index (κ2) is 11.5. The highest BCUT2D eigenvalue weighted by Crippen LogP contribution is 2.63. The molecule has 0 saturated carbocycles. The number of ether oxygens (including phenoxy) is 1. The van der Waals surface area contributed by atoms with E-state index in [0.29, 0.717) is 39.0 Å². The van der Waals surface area contributed by atoms with E-state index < -0.39 is 35.1 Å². The quantitative estimate of drug-likeness (QED) is 0.291. The number of amides is 3. The smallest absolute Gasteiger partial charge is 0.248 e. The number of hydrogen-bond acceptors (Lipinski definition) is 5. The lowest BCUT2D eigenvalue weighted by atomic mass is 9.66. The van der Waals surface area contributed by atoms with Gasteiger partial charge in [-0.1, -0.05) is 38.8 Å². The molecule has 2 bridgehead atoms. The molecule has 3 heterocycles. The third kappa shape index (κ3) is 4.62. The molecule has 0 aliphatic carbocycles. The molecule has 3 amide bonds. The number of fused-ring (bicyclic) bond motifs is 1. The van der Waals surface area contributed by atoms with Gasteiger partial charge in [-0.2, -0.15) is 0 Å². The lowest BCUT2D eigenvalue weighted by Crippen LogP contribution is -2.58. The minimum absolute atomic E-state index is 0.116. The molecular weight excluding hydrogens is 458 g/mol. The molecule has 6 atom stereocenters. The second-order valence-corrected chi connectivity index (χ2v) is 10.9. The first kappa shape index (κ1) is 28.4. The van der Waals surface area contributed by atoms with Crippen LogP contribution in [0.3, 0.4) is 0 Å². The van der Waals surface area contributed by atoms with E-state index in [1.807, 2.05) is 13.8 Å². The Hall–Kier alpha value is -2.19. The first-order chi connectivity index (χ1) is 17.2. The highest BCUT2D eigenvalue weighted by molar-refractivity contribution is 5.99. The van der Waals surface area contributed by atoms with Crippen LogP contribution >= 0.6 is 0 Å². The number of hydrogen-bond donors (Lipinski definition) is 1. The van der Waals surface area contributed by atoms with E-state index in [2.05, 4.69) is 20.1 Å². The normalized spacial score (nSPS) is 31.3. The van der Waals surface area contributed by atoms with Gasteiger partial charge in [0, 0.05) is 26.2 Å². The monoisotopic (exact) mass is 503 g/mol. The molecule has 0 aromatic heterocycles. The molecule has 0 aromatic rings. The Bertz CT molecular complexity index is 862. The summed E-state index contributed by atoms with van der Waals surface area (Å²) in [5.41, 5.74) is -1.90. The van der Waals surface area contributed by atoms with E-state index in [-0.39, 0.29) is 24.3 Å². The fourth-order valence-electron chi connectivity index (χ4n) is 6.67. The Morgan fingerprint density at radius 3 is 2.31 bits per heavy atom. The summed E-state index contributed by atoms with van der Waals surface area (Å²) < 4.78 is 6.70. The van der Waals surface area contributed by atoms with E-state index in [9.17, 15) is 19.5 Å². The molecular formula is C28H45N3O5. The predicted molar refractivity (Wildman–Crippen MR) is 139 cm³/mol. The van der Waals surface area contributed by atoms with Gasteiger partial charge in [-0.15, -0.1) is 13.2 Å². The van der Waals surface area contributed by atoms with Gasteiger partial charge in [0.25, 0.3) is 0 Å². The minimum Gasteiger partial charge on any atom is -0.394 e. The van der Waals surface area contributed by atoms with Gasteiger partial charge in [-0.25, -0.2) is 0 Å². The van der Waals surface area contributed by atoms with E-state index >= 15 is 0 Å². The minimum atomic E-state index is -1.08. The summed E-state index contributed by atoms with van der Waals surface area (Å²) in [6, 6.07) is -1.45. The average molecular weight is 504 g/mol. The molecule has 1 spiro atoms. The molecule has 202 valence electrons. The van der Waals surface area contributed by atoms with Crippen molar-refractivity contribution in [2.75, 3.05) is 32.8 Å². The maximum atomic E-state index is 14.2. The van der Waals surface area contributed by atoms with Crippen LogP contribution in [0, 0.1) is 11.8 Å². The molecule has 1 N–H and O–H groups in total. The summed E-state index contributed by atoms with van der Waals surface area (Å²) in [6.45, 7) is 17.0. The summed E-state index contributed by atoms with van der Waals surface area (Å²) in [6.07, 6.45) is 8.20. The maximum Gasteiger partial charge on any atom is 0.248 e. The maximum absolute atomic E-state index is 14.2. The lowest BCUT2D eigenvalue weighted by molar-refractivity contribution is -0.156. The Morgan fingerprint density at radius 2 is 1.75 bits per heavy atom. The van der Waals surface area contributed by atoms with E-state index in [4.69, 9.17) is 4.74 Å². The number of nitrogens with zero attached hydrogens (tertiary/aromatic N) is 3. The fourth-order valence-corrected chi connectivity index (χ4v) is 6.67. The number of aliphatic hydroxyl groups excluding tert-OH is 1. The standard InChI is InChI=1S/C28H45N3O5/c1-7-11-12-18-30(17-10-4)26(35)23-28-14-13-27(6,36-28)21(24(33)29(15-8-2)16-9-3)22(28)25(34)31(23)20(5)19-32/h8,10,20-23,32H,2,4,7,9,11-19H2,1,3,5-6H3/t20-,21-,22+,23?,27+,28?/m1/s1. The summed E-state index contributed by atoms with van der Waals surface area (Å²) in [7, 11) is 0. The van der Waals surface area contributed by atoms with Crippen LogP contribution in [0.4, 0.5) is 0 Å². The van der Waals surface area contributed by atoms with Gasteiger partial charge in [-0.3, -0.25) is 14.4 Å². The molecule has 3 fully saturated rings. The third-order valence-corrected chi connectivity index (χ3v) is 8.30. The van der Waals surface area contributed by atoms with Gasteiger partial charge in [0.05, 0.1) is 30.1 Å². The van der Waals surface area contributed by atoms with Crippen molar-refractivity contribution in [1.29, 1.82) is 0 Å². The molecule has 8 heteroatoms. The SMILES string of the molecule is C=CCN(CCCCC)C(=O)C1N([C@H](C)CO)C(=O)[C@@H]2[C@H](C(=O)N(CC=C)CCC)[C@]3(C)CCC12O3. The summed E-state index contributed by atoms with van der Waals surface area (Å²) in [5.74, 6) is -1.99. The third-order valence-electron chi connectivity index (χ3n) is 8.30. The van der Waals surface area contributed by atoms with Gasteiger partial charge in [0.15, 0.2) is 0 Å². The molecule has 3 saturated heterocycles. The number of carbonyl (C=O) groups excluding carboxylic acids is 3. The zero-order valence-corrected chi connectivity index (χ0v) is 22.6. The van der Waals surface area contributed by atoms with Crippen molar-refractivity contribution < 1.29 is 24.2 Å². The lowest BCUT2D eigenvalue weighted by Gasteiger charge is -2.38. The van der Waals surface area contributed by atoms with E-state index in [1.54, 1.807) is 28.9 Å². The molecule has 0 radical (unpaired) electrons. The largest absolute Gasteiger partial charge is 0.394 e. The van der Waals surface area contributed by atoms with Gasteiger partial charge in [-0.05, 0) is 39.5 Å². The number of carbonyl (C=O) groups is 3. The Kier molecular flexibility index (Phi) is 9.04. The first-order valence-corrected chi connectivity index (χ1v) is 13.6. The van der Waals surface area contributed by atoms with Crippen molar-refractivity contribution in [2.24, 2.45) is 11.8 Å². The number of likely N-dealkylation sites (tertiary alicyclic amines) is 1. The molecule has 0 aromatic carbocycles. The van der Waals surface area contributed by atoms with Crippen LogP contribution in [0.25, 0.3) is 0 Å². The van der Waals surface area contributed by atoms with Crippen LogP contribution in [0.5, 0.6) is 0 Å². The van der Waals surface area contributed by atoms with Crippen LogP contribution < -0.4 is 0 Å². The highest BCUT2D eigenvalue weighted by Gasteiger charge is 2.78. The van der Waals surface area contributed by atoms with Crippen LogP contribution in [-0.2, 0) is 19.1 Å². The van der Waals surface area contributed by atoms with Crippen molar-refractivity contribution in [3.05, 3.63) is 25.3 Å². The summed E-state index contributed by atoms with van der Waals surface area (Å²) in [5, 5.41) is 10.1. The number of rotatable bonds is 14. The van der Waals surface area contributed by atoms with Gasteiger partial charge in [0.2, 0.25) is 17.7 Å². The molecule has 36 heavy (non-hydrogen) atoms. The fraction of sp³-hybridized carbons (Fsp3) is 0.750. The first-order valence-electron chi connectivity index (χ1n) is 13.6. The van der Waals surface area contributed by atoms with Crippen LogP contribution in [0.2, 0.25) is 0 Å². The van der Waals surface area contributed by atoms with Gasteiger partial charge in [0.1, 0.15) is 11.6 Å². The zero-order chi connectivity index (χ0) is 26.7. The van der Waals surface area contributed by atoms with Crippen LogP contribution in [-0.4, -0.2) is 93.6 Å². The summed E-state index contributed by atoms with van der Waals surface area (Å²) in [4.78, 5) is 47.2.